The van der Waals surface area contributed by atoms with Crippen LogP contribution in [-0.4, -0.2) is 55.0 Å². The molecule has 2 amide bonds. The molecule has 5 rings (SSSR count). The number of rotatable bonds is 5. The number of amides is 2. The first-order chi connectivity index (χ1) is 16.5. The molecule has 0 N–H and O–H groups in total. The number of hydrogen-bond acceptors (Lipinski definition) is 5. The lowest BCUT2D eigenvalue weighted by molar-refractivity contribution is 0.0602. The SMILES string of the molecule is CN(C)CCN1C(=O)c2cccc3cc4cccc(N=Cc5cccc(C#N)c5)c4c(c23)C1=O. The van der Waals surface area contributed by atoms with Crippen molar-refractivity contribution >= 4 is 45.3 Å². The first-order valence-corrected chi connectivity index (χ1v) is 11.0. The van der Waals surface area contributed by atoms with E-state index in [1.807, 2.05) is 67.5 Å². The van der Waals surface area contributed by atoms with E-state index in [0.29, 0.717) is 40.9 Å². The van der Waals surface area contributed by atoms with Crippen LogP contribution in [0.5, 0.6) is 0 Å². The number of aliphatic imine (C=N–C) groups is 1. The van der Waals surface area contributed by atoms with Gasteiger partial charge in [-0.05, 0) is 60.8 Å². The van der Waals surface area contributed by atoms with E-state index in [0.717, 1.165) is 21.7 Å². The fourth-order valence-corrected chi connectivity index (χ4v) is 4.42. The topological polar surface area (TPSA) is 76.8 Å². The summed E-state index contributed by atoms with van der Waals surface area (Å²) in [6.07, 6.45) is 1.70. The number of imide groups is 1. The van der Waals surface area contributed by atoms with Gasteiger partial charge in [0.15, 0.2) is 0 Å². The summed E-state index contributed by atoms with van der Waals surface area (Å²) in [6, 6.07) is 22.6. The Morgan fingerprint density at radius 3 is 2.44 bits per heavy atom. The summed E-state index contributed by atoms with van der Waals surface area (Å²) < 4.78 is 0. The van der Waals surface area contributed by atoms with Crippen molar-refractivity contribution in [2.24, 2.45) is 4.99 Å². The lowest BCUT2D eigenvalue weighted by Gasteiger charge is -2.29. The number of carbonyl (C=O) groups excluding carboxylic acids is 2. The molecule has 1 aliphatic rings. The average molecular weight is 447 g/mol. The second kappa shape index (κ2) is 8.54. The van der Waals surface area contributed by atoms with Gasteiger partial charge in [0.1, 0.15) is 0 Å². The highest BCUT2D eigenvalue weighted by atomic mass is 16.2. The van der Waals surface area contributed by atoms with Crippen molar-refractivity contribution in [2.75, 3.05) is 27.2 Å². The van der Waals surface area contributed by atoms with Crippen LogP contribution in [-0.2, 0) is 0 Å². The molecule has 0 spiro atoms. The molecule has 0 radical (unpaired) electrons. The van der Waals surface area contributed by atoms with Gasteiger partial charge in [0.25, 0.3) is 11.8 Å². The van der Waals surface area contributed by atoms with Gasteiger partial charge in [-0.15, -0.1) is 0 Å². The molecular weight excluding hydrogens is 424 g/mol. The van der Waals surface area contributed by atoms with Crippen LogP contribution in [0.25, 0.3) is 21.5 Å². The summed E-state index contributed by atoms with van der Waals surface area (Å²) in [5.41, 5.74) is 3.04. The van der Waals surface area contributed by atoms with Crippen LogP contribution in [0, 0.1) is 11.3 Å². The Labute approximate surface area is 197 Å². The van der Waals surface area contributed by atoms with Crippen LogP contribution in [0.4, 0.5) is 5.69 Å². The van der Waals surface area contributed by atoms with Crippen molar-refractivity contribution in [3.63, 3.8) is 0 Å². The van der Waals surface area contributed by atoms with Crippen molar-refractivity contribution in [2.45, 2.75) is 0 Å². The summed E-state index contributed by atoms with van der Waals surface area (Å²) in [5, 5.41) is 12.3. The Hall–Kier alpha value is -4.34. The number of carbonyl (C=O) groups is 2. The zero-order chi connectivity index (χ0) is 23.8. The summed E-state index contributed by atoms with van der Waals surface area (Å²) in [7, 11) is 3.83. The van der Waals surface area contributed by atoms with E-state index in [1.165, 1.54) is 4.90 Å². The maximum Gasteiger partial charge on any atom is 0.262 e. The molecule has 1 heterocycles. The fraction of sp³-hybridized carbons (Fsp3) is 0.143. The van der Waals surface area contributed by atoms with Gasteiger partial charge in [-0.3, -0.25) is 19.5 Å². The van der Waals surface area contributed by atoms with Gasteiger partial charge in [-0.2, -0.15) is 5.26 Å². The number of benzene rings is 4. The summed E-state index contributed by atoms with van der Waals surface area (Å²) in [5.74, 6) is -0.561. The smallest absolute Gasteiger partial charge is 0.262 e. The number of likely N-dealkylation sites (N-methyl/N-ethyl adjacent to an activating group) is 1. The first-order valence-electron chi connectivity index (χ1n) is 11.0. The largest absolute Gasteiger partial charge is 0.308 e. The molecule has 0 unspecified atom stereocenters. The molecule has 4 aromatic rings. The van der Waals surface area contributed by atoms with Crippen molar-refractivity contribution in [1.82, 2.24) is 9.80 Å². The predicted molar refractivity (Wildman–Crippen MR) is 134 cm³/mol. The second-order valence-corrected chi connectivity index (χ2v) is 8.59. The van der Waals surface area contributed by atoms with Gasteiger partial charge in [-0.1, -0.05) is 36.4 Å². The number of nitrogens with zero attached hydrogens (tertiary/aromatic N) is 4. The van der Waals surface area contributed by atoms with Gasteiger partial charge in [-0.25, -0.2) is 0 Å². The average Bonchev–Trinajstić information content (AvgIpc) is 2.84. The van der Waals surface area contributed by atoms with Gasteiger partial charge in [0.05, 0.1) is 22.9 Å². The second-order valence-electron chi connectivity index (χ2n) is 8.59. The third-order valence-electron chi connectivity index (χ3n) is 6.06. The maximum absolute atomic E-state index is 13.7. The highest BCUT2D eigenvalue weighted by Gasteiger charge is 2.34. The molecular formula is C28H22N4O2. The molecule has 6 heteroatoms. The minimum Gasteiger partial charge on any atom is -0.308 e. The highest BCUT2D eigenvalue weighted by Crippen LogP contribution is 2.39. The third-order valence-corrected chi connectivity index (χ3v) is 6.06. The quantitative estimate of drug-likeness (QED) is 0.251. The van der Waals surface area contributed by atoms with Crippen molar-refractivity contribution in [1.29, 1.82) is 5.26 Å². The highest BCUT2D eigenvalue weighted by molar-refractivity contribution is 6.31. The molecule has 0 atom stereocenters. The van der Waals surface area contributed by atoms with E-state index in [1.54, 1.807) is 24.4 Å². The van der Waals surface area contributed by atoms with Crippen LogP contribution >= 0.6 is 0 Å². The number of nitriles is 1. The Morgan fingerprint density at radius 1 is 0.941 bits per heavy atom. The van der Waals surface area contributed by atoms with Gasteiger partial charge in [0.2, 0.25) is 0 Å². The van der Waals surface area contributed by atoms with E-state index in [4.69, 9.17) is 4.99 Å². The molecule has 0 aromatic heterocycles. The van der Waals surface area contributed by atoms with E-state index >= 15 is 0 Å². The lowest BCUT2D eigenvalue weighted by atomic mass is 9.89. The molecule has 0 bridgehead atoms. The minimum atomic E-state index is -0.296. The van der Waals surface area contributed by atoms with Gasteiger partial charge < -0.3 is 4.90 Å². The van der Waals surface area contributed by atoms with Gasteiger partial charge in [0, 0.05) is 35.6 Å². The van der Waals surface area contributed by atoms with Gasteiger partial charge >= 0.3 is 0 Å². The Balaban J connectivity index is 1.73. The third kappa shape index (κ3) is 3.62. The Kier molecular flexibility index (Phi) is 5.40. The maximum atomic E-state index is 13.7. The van der Waals surface area contributed by atoms with Crippen LogP contribution in [0.1, 0.15) is 31.8 Å². The molecule has 1 aliphatic heterocycles. The molecule has 34 heavy (non-hydrogen) atoms. The predicted octanol–water partition coefficient (Wildman–Crippen LogP) is 4.77. The van der Waals surface area contributed by atoms with Crippen molar-refractivity contribution in [3.8, 4) is 6.07 Å². The van der Waals surface area contributed by atoms with E-state index in [9.17, 15) is 14.9 Å². The normalized spacial score (nSPS) is 13.4. The monoisotopic (exact) mass is 446 g/mol. The zero-order valence-electron chi connectivity index (χ0n) is 18.9. The Morgan fingerprint density at radius 2 is 1.68 bits per heavy atom. The number of hydrogen-bond donors (Lipinski definition) is 0. The summed E-state index contributed by atoms with van der Waals surface area (Å²) >= 11 is 0. The van der Waals surface area contributed by atoms with Crippen LogP contribution in [0.15, 0.2) is 71.7 Å². The van der Waals surface area contributed by atoms with Crippen LogP contribution < -0.4 is 0 Å². The van der Waals surface area contributed by atoms with E-state index < -0.39 is 0 Å². The summed E-state index contributed by atoms with van der Waals surface area (Å²) in [4.78, 5) is 35.0. The van der Waals surface area contributed by atoms with Crippen LogP contribution in [0.3, 0.4) is 0 Å². The lowest BCUT2D eigenvalue weighted by Crippen LogP contribution is -2.43. The fourth-order valence-electron chi connectivity index (χ4n) is 4.42. The van der Waals surface area contributed by atoms with Crippen molar-refractivity contribution in [3.05, 3.63) is 89.0 Å². The first kappa shape index (κ1) is 21.5. The minimum absolute atomic E-state index is 0.265. The molecule has 166 valence electrons. The Bertz CT molecular complexity index is 1550. The van der Waals surface area contributed by atoms with Crippen LogP contribution in [0.2, 0.25) is 0 Å². The van der Waals surface area contributed by atoms with E-state index in [2.05, 4.69) is 6.07 Å². The molecule has 0 saturated heterocycles. The molecule has 0 aliphatic carbocycles. The molecule has 0 fully saturated rings. The standard InChI is InChI=1S/C28H22N4O2/c1-31(2)12-13-32-27(33)22-10-4-8-20-15-21-9-5-11-23(25(21)26(24(20)22)28(32)34)30-17-19-7-3-6-18(14-19)16-29/h3-11,14-15,17H,12-13H2,1-2H3. The van der Waals surface area contributed by atoms with E-state index in [-0.39, 0.29) is 11.8 Å². The summed E-state index contributed by atoms with van der Waals surface area (Å²) in [6.45, 7) is 0.886. The molecule has 0 saturated carbocycles. The zero-order valence-corrected chi connectivity index (χ0v) is 18.9. The molecule has 4 aromatic carbocycles. The number of fused-ring (bicyclic) bond motifs is 2. The van der Waals surface area contributed by atoms with Crippen molar-refractivity contribution < 1.29 is 9.59 Å². The molecule has 6 nitrogen and oxygen atoms in total.